The lowest BCUT2D eigenvalue weighted by atomic mass is 10.5. The fourth-order valence-corrected chi connectivity index (χ4v) is 1.76. The van der Waals surface area contributed by atoms with Gasteiger partial charge in [0.25, 0.3) is 5.91 Å². The number of hydrogen-bond donors (Lipinski definition) is 1. The summed E-state index contributed by atoms with van der Waals surface area (Å²) in [6.45, 7) is 1.53. The van der Waals surface area contributed by atoms with E-state index >= 15 is 0 Å². The van der Waals surface area contributed by atoms with Crippen molar-refractivity contribution in [2.75, 3.05) is 0 Å². The number of aryl methyl sites for hydroxylation is 1. The molecule has 0 saturated carbocycles. The minimum atomic E-state index is -5.67. The van der Waals surface area contributed by atoms with E-state index in [4.69, 9.17) is 0 Å². The molecule has 10 heteroatoms. The first kappa shape index (κ1) is 12.9. The largest absolute Gasteiger partial charge is 0.516 e. The molecule has 0 spiro atoms. The highest BCUT2D eigenvalue weighted by atomic mass is 32.2. The van der Waals surface area contributed by atoms with Crippen molar-refractivity contribution in [1.82, 2.24) is 9.71 Å². The number of thiazole rings is 1. The summed E-state index contributed by atoms with van der Waals surface area (Å²) in [5.41, 5.74) is -5.89. The van der Waals surface area contributed by atoms with E-state index in [9.17, 15) is 26.4 Å². The maximum absolute atomic E-state index is 11.9. The second kappa shape index (κ2) is 4.01. The van der Waals surface area contributed by atoms with Crippen molar-refractivity contribution in [3.63, 3.8) is 0 Å². The number of sulfonamides is 1. The predicted octanol–water partition coefficient (Wildman–Crippen LogP) is 1.03. The van der Waals surface area contributed by atoms with Crippen LogP contribution in [0.4, 0.5) is 13.2 Å². The Morgan fingerprint density at radius 2 is 2.06 bits per heavy atom. The van der Waals surface area contributed by atoms with Crippen LogP contribution in [0.5, 0.6) is 0 Å². The Morgan fingerprint density at radius 3 is 2.44 bits per heavy atom. The number of carbonyl (C=O) groups excluding carboxylic acids is 1. The fourth-order valence-electron chi connectivity index (χ4n) is 0.700. The number of alkyl halides is 3. The lowest BCUT2D eigenvalue weighted by molar-refractivity contribution is -0.0446. The standard InChI is InChI=1S/C6H5F3N2O3S2/c1-3-10-4(2-15-3)5(12)11-16(13,14)6(7,8)9/h2H,1H3,(H,11,12). The summed E-state index contributed by atoms with van der Waals surface area (Å²) in [5, 5.41) is 1.60. The van der Waals surface area contributed by atoms with Crippen LogP contribution in [0, 0.1) is 6.92 Å². The zero-order chi connectivity index (χ0) is 12.6. The van der Waals surface area contributed by atoms with Crippen LogP contribution < -0.4 is 4.72 Å². The van der Waals surface area contributed by atoms with Gasteiger partial charge in [-0.05, 0) is 6.92 Å². The second-order valence-electron chi connectivity index (χ2n) is 2.63. The minimum Gasteiger partial charge on any atom is -0.266 e. The lowest BCUT2D eigenvalue weighted by Gasteiger charge is -2.07. The summed E-state index contributed by atoms with van der Waals surface area (Å²) in [6, 6.07) is 0. The van der Waals surface area contributed by atoms with Gasteiger partial charge in [0.15, 0.2) is 0 Å². The Morgan fingerprint density at radius 1 is 1.50 bits per heavy atom. The lowest BCUT2D eigenvalue weighted by Crippen LogP contribution is -2.40. The number of carbonyl (C=O) groups is 1. The van der Waals surface area contributed by atoms with Crippen LogP contribution in [-0.2, 0) is 10.0 Å². The SMILES string of the molecule is Cc1nc(C(=O)NS(=O)(=O)C(F)(F)F)cs1. The molecule has 0 fully saturated rings. The van der Waals surface area contributed by atoms with E-state index in [1.807, 2.05) is 0 Å². The number of aromatic nitrogens is 1. The van der Waals surface area contributed by atoms with Crippen LogP contribution in [0.2, 0.25) is 0 Å². The average Bonchev–Trinajstić information content (AvgIpc) is 2.48. The normalized spacial score (nSPS) is 12.5. The van der Waals surface area contributed by atoms with Crippen molar-refractivity contribution in [2.24, 2.45) is 0 Å². The van der Waals surface area contributed by atoms with Gasteiger partial charge in [0, 0.05) is 5.38 Å². The zero-order valence-corrected chi connectivity index (χ0v) is 9.33. The van der Waals surface area contributed by atoms with Crippen molar-refractivity contribution < 1.29 is 26.4 Å². The first-order chi connectivity index (χ1) is 7.13. The molecule has 0 aromatic carbocycles. The van der Waals surface area contributed by atoms with Crippen molar-refractivity contribution in [3.05, 3.63) is 16.1 Å². The van der Waals surface area contributed by atoms with Gasteiger partial charge in [0.2, 0.25) is 0 Å². The van der Waals surface area contributed by atoms with Gasteiger partial charge in [-0.2, -0.15) is 21.6 Å². The summed E-state index contributed by atoms with van der Waals surface area (Å²) >= 11 is 1.02. The van der Waals surface area contributed by atoms with E-state index in [2.05, 4.69) is 4.98 Å². The molecule has 1 heterocycles. The Kier molecular flexibility index (Phi) is 3.24. The molecule has 1 amide bonds. The molecule has 0 unspecified atom stereocenters. The summed E-state index contributed by atoms with van der Waals surface area (Å²) < 4.78 is 57.7. The molecule has 16 heavy (non-hydrogen) atoms. The summed E-state index contributed by atoms with van der Waals surface area (Å²) in [5.74, 6) is -1.40. The van der Waals surface area contributed by atoms with Gasteiger partial charge in [0.05, 0.1) is 5.01 Å². The van der Waals surface area contributed by atoms with Crippen LogP contribution >= 0.6 is 11.3 Å². The maximum atomic E-state index is 11.9. The van der Waals surface area contributed by atoms with Gasteiger partial charge < -0.3 is 0 Å². The van der Waals surface area contributed by atoms with Gasteiger partial charge in [-0.15, -0.1) is 11.3 Å². The molecular formula is C6H5F3N2O3S2. The second-order valence-corrected chi connectivity index (χ2v) is 5.37. The number of amides is 1. The summed E-state index contributed by atoms with van der Waals surface area (Å²) in [7, 11) is -5.67. The third-order valence-corrected chi connectivity index (χ3v) is 3.22. The summed E-state index contributed by atoms with van der Waals surface area (Å²) in [4.78, 5) is 14.6. The molecule has 0 aliphatic rings. The van der Waals surface area contributed by atoms with E-state index in [1.165, 1.54) is 6.92 Å². The van der Waals surface area contributed by atoms with Gasteiger partial charge in [-0.25, -0.2) is 9.71 Å². The molecular weight excluding hydrogens is 269 g/mol. The monoisotopic (exact) mass is 274 g/mol. The van der Waals surface area contributed by atoms with Crippen molar-refractivity contribution in [1.29, 1.82) is 0 Å². The van der Waals surface area contributed by atoms with Crippen LogP contribution in [0.15, 0.2) is 5.38 Å². The van der Waals surface area contributed by atoms with Crippen LogP contribution in [0.25, 0.3) is 0 Å². The Bertz CT molecular complexity index is 505. The third-order valence-electron chi connectivity index (χ3n) is 1.38. The number of hydrogen-bond acceptors (Lipinski definition) is 5. The highest BCUT2D eigenvalue weighted by molar-refractivity contribution is 7.90. The maximum Gasteiger partial charge on any atom is 0.516 e. The Balaban J connectivity index is 2.88. The zero-order valence-electron chi connectivity index (χ0n) is 7.70. The van der Waals surface area contributed by atoms with Gasteiger partial charge in [0.1, 0.15) is 5.69 Å². The van der Waals surface area contributed by atoms with Gasteiger partial charge >= 0.3 is 15.5 Å². The highest BCUT2D eigenvalue weighted by Crippen LogP contribution is 2.22. The highest BCUT2D eigenvalue weighted by Gasteiger charge is 2.47. The molecule has 5 nitrogen and oxygen atoms in total. The number of rotatable bonds is 2. The van der Waals surface area contributed by atoms with E-state index in [1.54, 1.807) is 0 Å². The molecule has 1 N–H and O–H groups in total. The van der Waals surface area contributed by atoms with Crippen LogP contribution in [0.1, 0.15) is 15.5 Å². The van der Waals surface area contributed by atoms with E-state index in [0.29, 0.717) is 5.01 Å². The molecule has 1 aromatic heterocycles. The van der Waals surface area contributed by atoms with Crippen LogP contribution in [0.3, 0.4) is 0 Å². The minimum absolute atomic E-state index is 0.365. The molecule has 90 valence electrons. The number of nitrogens with one attached hydrogen (secondary N) is 1. The Hall–Kier alpha value is -1.16. The molecule has 0 radical (unpaired) electrons. The van der Waals surface area contributed by atoms with Crippen molar-refractivity contribution in [2.45, 2.75) is 12.4 Å². The third kappa shape index (κ3) is 2.70. The smallest absolute Gasteiger partial charge is 0.266 e. The fraction of sp³-hybridized carbons (Fsp3) is 0.333. The topological polar surface area (TPSA) is 76.1 Å². The van der Waals surface area contributed by atoms with E-state index in [0.717, 1.165) is 21.4 Å². The molecule has 0 atom stereocenters. The predicted molar refractivity (Wildman–Crippen MR) is 49.3 cm³/mol. The number of halogens is 3. The molecule has 1 aromatic rings. The van der Waals surface area contributed by atoms with Gasteiger partial charge in [-0.1, -0.05) is 0 Å². The first-order valence-corrected chi connectivity index (χ1v) is 6.05. The molecule has 0 bridgehead atoms. The summed E-state index contributed by atoms with van der Waals surface area (Å²) in [6.07, 6.45) is 0. The van der Waals surface area contributed by atoms with Crippen LogP contribution in [-0.4, -0.2) is 24.8 Å². The quantitative estimate of drug-likeness (QED) is 0.874. The molecule has 1 rings (SSSR count). The van der Waals surface area contributed by atoms with E-state index in [-0.39, 0.29) is 5.69 Å². The first-order valence-electron chi connectivity index (χ1n) is 3.69. The number of nitrogens with zero attached hydrogens (tertiary/aromatic N) is 1. The van der Waals surface area contributed by atoms with Crippen molar-refractivity contribution in [3.8, 4) is 0 Å². The van der Waals surface area contributed by atoms with Gasteiger partial charge in [-0.3, -0.25) is 4.79 Å². The van der Waals surface area contributed by atoms with Crippen molar-refractivity contribution >= 4 is 27.3 Å². The Labute approximate surface area is 92.4 Å². The van der Waals surface area contributed by atoms with E-state index < -0.39 is 21.4 Å². The molecule has 0 aliphatic heterocycles. The molecule has 0 aliphatic carbocycles. The molecule has 0 saturated heterocycles. The average molecular weight is 274 g/mol.